The molecule has 0 saturated heterocycles. The number of nitrogens with one attached hydrogen (secondary N) is 1. The molecule has 0 aromatic carbocycles. The van der Waals surface area contributed by atoms with E-state index in [4.69, 9.17) is 0 Å². The number of rotatable bonds is 1. The minimum absolute atomic E-state index is 0.867. The molecule has 0 saturated carbocycles. The number of aryl methyl sites for hydroxylation is 1. The summed E-state index contributed by atoms with van der Waals surface area (Å²) in [6, 6.07) is 1.99. The Balaban J connectivity index is 2.30. The van der Waals surface area contributed by atoms with Crippen molar-refractivity contribution in [1.82, 2.24) is 19.9 Å². The maximum absolute atomic E-state index is 4.30. The Bertz CT molecular complexity index is 610. The average Bonchev–Trinajstić information content (AvgIpc) is 2.84. The molecule has 3 aromatic heterocycles. The maximum Gasteiger partial charge on any atom is 0.141 e. The van der Waals surface area contributed by atoms with Crippen LogP contribution in [0.15, 0.2) is 24.8 Å². The number of nitrogens with zero attached hydrogens (tertiary/aromatic N) is 3. The Kier molecular flexibility index (Phi) is 1.78. The number of hydrogen-bond acceptors (Lipinski definition) is 4. The Labute approximate surface area is 90.0 Å². The van der Waals surface area contributed by atoms with Gasteiger partial charge in [0.05, 0.1) is 15.6 Å². The molecule has 3 rings (SSSR count). The normalized spacial score (nSPS) is 11.0. The minimum Gasteiger partial charge on any atom is -0.346 e. The van der Waals surface area contributed by atoms with Gasteiger partial charge >= 0.3 is 0 Å². The molecule has 3 heterocycles. The Morgan fingerprint density at radius 3 is 3.00 bits per heavy atom. The fourth-order valence-corrected chi connectivity index (χ4v) is 2.33. The van der Waals surface area contributed by atoms with E-state index < -0.39 is 0 Å². The molecule has 0 aliphatic heterocycles. The van der Waals surface area contributed by atoms with E-state index in [0.29, 0.717) is 0 Å². The molecule has 4 nitrogen and oxygen atoms in total. The molecule has 5 heteroatoms. The number of H-pyrrole nitrogens is 1. The van der Waals surface area contributed by atoms with Gasteiger partial charge in [-0.25, -0.2) is 15.0 Å². The van der Waals surface area contributed by atoms with Gasteiger partial charge < -0.3 is 4.98 Å². The van der Waals surface area contributed by atoms with E-state index in [2.05, 4.69) is 19.9 Å². The maximum atomic E-state index is 4.30. The second-order valence-corrected chi connectivity index (χ2v) is 4.44. The zero-order valence-electron chi connectivity index (χ0n) is 8.06. The summed E-state index contributed by atoms with van der Waals surface area (Å²) in [4.78, 5) is 16.8. The van der Waals surface area contributed by atoms with Crippen LogP contribution in [-0.2, 0) is 0 Å². The summed E-state index contributed by atoms with van der Waals surface area (Å²) in [5.41, 5.74) is 1.82. The highest BCUT2D eigenvalue weighted by Gasteiger charge is 2.08. The predicted molar refractivity (Wildman–Crippen MR) is 59.7 cm³/mol. The van der Waals surface area contributed by atoms with Crippen molar-refractivity contribution in [2.45, 2.75) is 6.92 Å². The first kappa shape index (κ1) is 8.55. The summed E-state index contributed by atoms with van der Waals surface area (Å²) in [6.07, 6.45) is 5.30. The van der Waals surface area contributed by atoms with Crippen LogP contribution in [0.2, 0.25) is 0 Å². The summed E-state index contributed by atoms with van der Waals surface area (Å²) in [5.74, 6) is 0. The van der Waals surface area contributed by atoms with Crippen molar-refractivity contribution in [2.24, 2.45) is 0 Å². The highest BCUT2D eigenvalue weighted by Crippen LogP contribution is 2.28. The third-order valence-electron chi connectivity index (χ3n) is 2.21. The van der Waals surface area contributed by atoms with Gasteiger partial charge in [0.15, 0.2) is 0 Å². The molecule has 1 N–H and O–H groups in total. The summed E-state index contributed by atoms with van der Waals surface area (Å²) >= 11 is 1.64. The number of aromatic nitrogens is 4. The van der Waals surface area contributed by atoms with Crippen LogP contribution in [0.25, 0.3) is 21.6 Å². The van der Waals surface area contributed by atoms with Crippen molar-refractivity contribution >= 4 is 22.4 Å². The van der Waals surface area contributed by atoms with Crippen molar-refractivity contribution in [3.8, 4) is 10.6 Å². The van der Waals surface area contributed by atoms with Gasteiger partial charge in [0.1, 0.15) is 12.0 Å². The molecule has 15 heavy (non-hydrogen) atoms. The molecular formula is C10H8N4S. The second-order valence-electron chi connectivity index (χ2n) is 3.21. The van der Waals surface area contributed by atoms with Crippen LogP contribution in [0.3, 0.4) is 0 Å². The zero-order chi connectivity index (χ0) is 10.3. The SMILES string of the molecule is Cc1ncc(-c2ncnc3[nH]ccc23)s1. The smallest absolute Gasteiger partial charge is 0.141 e. The van der Waals surface area contributed by atoms with E-state index >= 15 is 0 Å². The third-order valence-corrected chi connectivity index (χ3v) is 3.13. The number of aromatic amines is 1. The topological polar surface area (TPSA) is 54.5 Å². The quantitative estimate of drug-likeness (QED) is 0.679. The van der Waals surface area contributed by atoms with E-state index in [0.717, 1.165) is 26.6 Å². The molecule has 0 radical (unpaired) electrons. The van der Waals surface area contributed by atoms with E-state index in [1.807, 2.05) is 25.4 Å². The fraction of sp³-hybridized carbons (Fsp3) is 0.100. The molecule has 0 aliphatic carbocycles. The van der Waals surface area contributed by atoms with Gasteiger partial charge in [0.2, 0.25) is 0 Å². The molecule has 0 atom stereocenters. The highest BCUT2D eigenvalue weighted by molar-refractivity contribution is 7.15. The van der Waals surface area contributed by atoms with Gasteiger partial charge in [-0.2, -0.15) is 0 Å². The van der Waals surface area contributed by atoms with Crippen LogP contribution in [0.4, 0.5) is 0 Å². The van der Waals surface area contributed by atoms with Gasteiger partial charge in [-0.1, -0.05) is 0 Å². The lowest BCUT2D eigenvalue weighted by Crippen LogP contribution is -1.84. The molecule has 74 valence electrons. The molecule has 0 fully saturated rings. The Morgan fingerprint density at radius 1 is 1.27 bits per heavy atom. The van der Waals surface area contributed by atoms with Crippen LogP contribution in [-0.4, -0.2) is 19.9 Å². The number of fused-ring (bicyclic) bond motifs is 1. The molecule has 0 bridgehead atoms. The highest BCUT2D eigenvalue weighted by atomic mass is 32.1. The van der Waals surface area contributed by atoms with Gasteiger partial charge in [-0.3, -0.25) is 0 Å². The first-order chi connectivity index (χ1) is 7.34. The zero-order valence-corrected chi connectivity index (χ0v) is 8.88. The first-order valence-electron chi connectivity index (χ1n) is 4.55. The van der Waals surface area contributed by atoms with Crippen molar-refractivity contribution in [3.63, 3.8) is 0 Å². The van der Waals surface area contributed by atoms with Crippen LogP contribution in [0, 0.1) is 6.92 Å². The predicted octanol–water partition coefficient (Wildman–Crippen LogP) is 2.39. The standard InChI is InChI=1S/C10H8N4S/c1-6-12-4-8(15-6)9-7-2-3-11-10(7)14-5-13-9/h2-5H,1H3,(H,11,13,14). The van der Waals surface area contributed by atoms with Crippen LogP contribution in [0.5, 0.6) is 0 Å². The largest absolute Gasteiger partial charge is 0.346 e. The number of thiazole rings is 1. The Hall–Kier alpha value is -1.75. The summed E-state index contributed by atoms with van der Waals surface area (Å²) < 4.78 is 0. The number of hydrogen-bond donors (Lipinski definition) is 1. The molecule has 0 aliphatic rings. The molecule has 0 spiro atoms. The lowest BCUT2D eigenvalue weighted by atomic mass is 10.2. The van der Waals surface area contributed by atoms with Crippen molar-refractivity contribution in [1.29, 1.82) is 0 Å². The van der Waals surface area contributed by atoms with Gasteiger partial charge in [0.25, 0.3) is 0 Å². The lowest BCUT2D eigenvalue weighted by molar-refractivity contribution is 1.20. The van der Waals surface area contributed by atoms with E-state index in [1.54, 1.807) is 17.7 Å². The van der Waals surface area contributed by atoms with Crippen LogP contribution < -0.4 is 0 Å². The summed E-state index contributed by atoms with van der Waals surface area (Å²) in [6.45, 7) is 1.99. The summed E-state index contributed by atoms with van der Waals surface area (Å²) in [7, 11) is 0. The van der Waals surface area contributed by atoms with Gasteiger partial charge in [0, 0.05) is 17.8 Å². The third kappa shape index (κ3) is 1.32. The molecule has 0 unspecified atom stereocenters. The van der Waals surface area contributed by atoms with E-state index in [1.165, 1.54) is 0 Å². The monoisotopic (exact) mass is 216 g/mol. The minimum atomic E-state index is 0.867. The Morgan fingerprint density at radius 2 is 2.20 bits per heavy atom. The molecule has 0 amide bonds. The summed E-state index contributed by atoms with van der Waals surface area (Å²) in [5, 5.41) is 2.09. The molecule has 3 aromatic rings. The first-order valence-corrected chi connectivity index (χ1v) is 5.37. The van der Waals surface area contributed by atoms with E-state index in [-0.39, 0.29) is 0 Å². The van der Waals surface area contributed by atoms with Gasteiger partial charge in [-0.15, -0.1) is 11.3 Å². The second kappa shape index (κ2) is 3.13. The lowest BCUT2D eigenvalue weighted by Gasteiger charge is -1.96. The van der Waals surface area contributed by atoms with E-state index in [9.17, 15) is 0 Å². The van der Waals surface area contributed by atoms with Crippen LogP contribution >= 0.6 is 11.3 Å². The van der Waals surface area contributed by atoms with Crippen molar-refractivity contribution in [3.05, 3.63) is 29.8 Å². The van der Waals surface area contributed by atoms with Crippen molar-refractivity contribution < 1.29 is 0 Å². The van der Waals surface area contributed by atoms with Gasteiger partial charge in [-0.05, 0) is 13.0 Å². The molecular weight excluding hydrogens is 208 g/mol. The fourth-order valence-electron chi connectivity index (χ4n) is 1.54. The average molecular weight is 216 g/mol. The van der Waals surface area contributed by atoms with Crippen molar-refractivity contribution in [2.75, 3.05) is 0 Å². The van der Waals surface area contributed by atoms with Crippen LogP contribution in [0.1, 0.15) is 5.01 Å².